The number of esters is 1. The summed E-state index contributed by atoms with van der Waals surface area (Å²) in [6.07, 6.45) is 4.78. The zero-order valence-corrected chi connectivity index (χ0v) is 17.9. The molecule has 1 heterocycles. The second-order valence-corrected chi connectivity index (χ2v) is 7.84. The number of hydrogen-bond donors (Lipinski definition) is 0. The summed E-state index contributed by atoms with van der Waals surface area (Å²) in [4.78, 5) is 12.4. The maximum absolute atomic E-state index is 12.4. The van der Waals surface area contributed by atoms with Crippen LogP contribution in [-0.2, 0) is 11.3 Å². The maximum Gasteiger partial charge on any atom is 0.338 e. The van der Waals surface area contributed by atoms with E-state index in [-0.39, 0.29) is 6.61 Å². The van der Waals surface area contributed by atoms with Gasteiger partial charge in [-0.1, -0.05) is 53.6 Å². The van der Waals surface area contributed by atoms with Gasteiger partial charge in [0, 0.05) is 23.1 Å². The number of benzene rings is 2. The van der Waals surface area contributed by atoms with Crippen LogP contribution in [0.3, 0.4) is 0 Å². The van der Waals surface area contributed by atoms with Crippen LogP contribution in [0.1, 0.15) is 47.4 Å². The number of carbonyl (C=O) groups is 1. The fourth-order valence-electron chi connectivity index (χ4n) is 3.51. The first-order valence-electron chi connectivity index (χ1n) is 10.2. The summed E-state index contributed by atoms with van der Waals surface area (Å²) in [5, 5.41) is 4.48. The molecule has 1 aromatic heterocycles. The molecular weight excluding hydrogens is 414 g/mol. The number of rotatable bonds is 5. The van der Waals surface area contributed by atoms with E-state index in [1.54, 1.807) is 31.4 Å². The Morgan fingerprint density at radius 2 is 2.03 bits per heavy atom. The van der Waals surface area contributed by atoms with Crippen molar-refractivity contribution in [1.29, 1.82) is 0 Å². The minimum absolute atomic E-state index is 0.0311. The smallest absolute Gasteiger partial charge is 0.338 e. The average Bonchev–Trinajstić information content (AvgIpc) is 3.49. The van der Waals surface area contributed by atoms with Crippen molar-refractivity contribution in [2.24, 2.45) is 5.92 Å². The third-order valence-electron chi connectivity index (χ3n) is 5.24. The molecule has 0 spiro atoms. The van der Waals surface area contributed by atoms with Gasteiger partial charge in [0.2, 0.25) is 0 Å². The Bertz CT molecular complexity index is 1140. The zero-order chi connectivity index (χ0) is 21.6. The molecule has 2 aromatic carbocycles. The van der Waals surface area contributed by atoms with Gasteiger partial charge in [0.25, 0.3) is 0 Å². The van der Waals surface area contributed by atoms with E-state index in [1.165, 1.54) is 12.8 Å². The second-order valence-electron chi connectivity index (χ2n) is 7.43. The van der Waals surface area contributed by atoms with Crippen LogP contribution in [0, 0.1) is 17.8 Å². The summed E-state index contributed by atoms with van der Waals surface area (Å²) < 4.78 is 15.9. The molecule has 0 aliphatic heterocycles. The Labute approximate surface area is 186 Å². The largest absolute Gasteiger partial charge is 0.497 e. The molecule has 31 heavy (non-hydrogen) atoms. The van der Waals surface area contributed by atoms with Crippen LogP contribution in [0.4, 0.5) is 0 Å². The fraction of sp³-hybridized carbons (Fsp3) is 0.280. The van der Waals surface area contributed by atoms with E-state index >= 15 is 0 Å². The van der Waals surface area contributed by atoms with Gasteiger partial charge in [-0.2, -0.15) is 0 Å². The first kappa shape index (κ1) is 21.0. The minimum atomic E-state index is -0.489. The van der Waals surface area contributed by atoms with E-state index in [9.17, 15) is 4.79 Å². The van der Waals surface area contributed by atoms with Gasteiger partial charge in [-0.3, -0.25) is 0 Å². The Morgan fingerprint density at radius 3 is 2.81 bits per heavy atom. The summed E-state index contributed by atoms with van der Waals surface area (Å²) in [6.45, 7) is -0.0311. The number of aromatic nitrogens is 1. The lowest BCUT2D eigenvalue weighted by Crippen LogP contribution is -2.05. The Morgan fingerprint density at radius 1 is 1.19 bits per heavy atom. The van der Waals surface area contributed by atoms with Gasteiger partial charge >= 0.3 is 5.97 Å². The number of ether oxygens (including phenoxy) is 2. The zero-order valence-electron chi connectivity index (χ0n) is 17.2. The van der Waals surface area contributed by atoms with E-state index in [0.29, 0.717) is 28.0 Å². The van der Waals surface area contributed by atoms with Crippen LogP contribution in [0.2, 0.25) is 5.02 Å². The molecule has 0 radical (unpaired) electrons. The van der Waals surface area contributed by atoms with Crippen LogP contribution in [0.5, 0.6) is 5.75 Å². The van der Waals surface area contributed by atoms with Crippen molar-refractivity contribution in [2.75, 3.05) is 7.11 Å². The van der Waals surface area contributed by atoms with Crippen molar-refractivity contribution in [2.45, 2.75) is 32.3 Å². The molecule has 1 aliphatic carbocycles. The van der Waals surface area contributed by atoms with Gasteiger partial charge in [0.15, 0.2) is 12.4 Å². The monoisotopic (exact) mass is 435 g/mol. The molecule has 4 rings (SSSR count). The molecule has 1 aliphatic rings. The lowest BCUT2D eigenvalue weighted by Gasteiger charge is -2.04. The van der Waals surface area contributed by atoms with Crippen LogP contribution >= 0.6 is 11.6 Å². The van der Waals surface area contributed by atoms with Crippen LogP contribution in [-0.4, -0.2) is 18.2 Å². The number of carbonyl (C=O) groups excluding carboxylic acids is 1. The van der Waals surface area contributed by atoms with Gasteiger partial charge in [0.1, 0.15) is 11.4 Å². The predicted molar refractivity (Wildman–Crippen MR) is 118 cm³/mol. The van der Waals surface area contributed by atoms with Gasteiger partial charge in [-0.15, -0.1) is 0 Å². The molecule has 158 valence electrons. The van der Waals surface area contributed by atoms with Crippen molar-refractivity contribution in [3.63, 3.8) is 0 Å². The first-order chi connectivity index (χ1) is 15.1. The topological polar surface area (TPSA) is 61.6 Å². The molecular formula is C25H22ClNO4. The minimum Gasteiger partial charge on any atom is -0.497 e. The third-order valence-corrected chi connectivity index (χ3v) is 5.55. The molecule has 6 heteroatoms. The van der Waals surface area contributed by atoms with E-state index in [2.05, 4.69) is 17.0 Å². The summed E-state index contributed by atoms with van der Waals surface area (Å²) >= 11 is 6.32. The number of nitrogens with zero attached hydrogens (tertiary/aromatic N) is 1. The van der Waals surface area contributed by atoms with Crippen molar-refractivity contribution in [3.05, 3.63) is 70.4 Å². The first-order valence-corrected chi connectivity index (χ1v) is 10.6. The summed E-state index contributed by atoms with van der Waals surface area (Å²) in [7, 11) is 1.60. The summed E-state index contributed by atoms with van der Waals surface area (Å²) in [5.41, 5.74) is 2.58. The van der Waals surface area contributed by atoms with E-state index in [0.717, 1.165) is 29.7 Å². The normalized spacial score (nSPS) is 13.5. The summed E-state index contributed by atoms with van der Waals surface area (Å²) in [5.74, 6) is 7.54. The number of halogens is 1. The van der Waals surface area contributed by atoms with Gasteiger partial charge in [0.05, 0.1) is 17.7 Å². The molecule has 0 amide bonds. The average molecular weight is 436 g/mol. The Kier molecular flexibility index (Phi) is 6.59. The van der Waals surface area contributed by atoms with E-state index in [1.807, 2.05) is 24.3 Å². The summed E-state index contributed by atoms with van der Waals surface area (Å²) in [6, 6.07) is 14.2. The maximum atomic E-state index is 12.4. The van der Waals surface area contributed by atoms with Crippen molar-refractivity contribution < 1.29 is 18.8 Å². The third kappa shape index (κ3) is 5.28. The Balaban J connectivity index is 1.37. The van der Waals surface area contributed by atoms with Crippen molar-refractivity contribution in [3.8, 4) is 28.8 Å². The van der Waals surface area contributed by atoms with Crippen LogP contribution < -0.4 is 4.74 Å². The standard InChI is InChI=1S/C25H22ClNO4/c1-29-21-8-4-7-19(13-21)24-15-22(31-27-24)16-30-25(28)20-12-11-18(23(26)14-20)10-9-17-5-2-3-6-17/h4,7-8,11-15,17H,2-3,5-6,16H2,1H3. The SMILES string of the molecule is COc1cccc(-c2cc(COC(=O)c3ccc(C#CC4CCCC4)c(Cl)c3)on2)c1. The van der Waals surface area contributed by atoms with E-state index in [4.69, 9.17) is 25.6 Å². The lowest BCUT2D eigenvalue weighted by atomic mass is 10.1. The quantitative estimate of drug-likeness (QED) is 0.368. The van der Waals surface area contributed by atoms with Gasteiger partial charge < -0.3 is 14.0 Å². The van der Waals surface area contributed by atoms with Crippen LogP contribution in [0.15, 0.2) is 53.1 Å². The molecule has 0 bridgehead atoms. The highest BCUT2D eigenvalue weighted by atomic mass is 35.5. The highest BCUT2D eigenvalue weighted by Crippen LogP contribution is 2.25. The van der Waals surface area contributed by atoms with Gasteiger partial charge in [-0.25, -0.2) is 4.79 Å². The lowest BCUT2D eigenvalue weighted by molar-refractivity contribution is 0.0437. The molecule has 0 saturated heterocycles. The molecule has 0 unspecified atom stereocenters. The highest BCUT2D eigenvalue weighted by Gasteiger charge is 2.14. The van der Waals surface area contributed by atoms with Crippen LogP contribution in [0.25, 0.3) is 11.3 Å². The van der Waals surface area contributed by atoms with Crippen molar-refractivity contribution >= 4 is 17.6 Å². The predicted octanol–water partition coefficient (Wildman–Crippen LogP) is 5.90. The second kappa shape index (κ2) is 9.72. The van der Waals surface area contributed by atoms with Gasteiger partial charge in [-0.05, 0) is 43.2 Å². The van der Waals surface area contributed by atoms with E-state index < -0.39 is 5.97 Å². The Hall–Kier alpha value is -3.23. The number of hydrogen-bond acceptors (Lipinski definition) is 5. The molecule has 0 N–H and O–H groups in total. The molecule has 0 atom stereocenters. The van der Waals surface area contributed by atoms with Crippen molar-refractivity contribution in [1.82, 2.24) is 5.16 Å². The fourth-order valence-corrected chi connectivity index (χ4v) is 3.74. The number of methoxy groups -OCH3 is 1. The highest BCUT2D eigenvalue weighted by molar-refractivity contribution is 6.32. The molecule has 5 nitrogen and oxygen atoms in total. The molecule has 3 aromatic rings. The molecule has 1 fully saturated rings. The molecule has 1 saturated carbocycles.